The molecular formula is C17H18BrNO4S. The standard InChI is InChI=1S/C17H18BrNO4S/c1-22-15-9-12-7-8-19(11-13(12)10-16(15)23-2)24(20,21)17-6-4-3-5-14(17)18/h3-6,9-10H,7-8,11H2,1-2H3. The second-order valence-electron chi connectivity index (χ2n) is 5.49. The molecule has 2 aromatic carbocycles. The number of halogens is 1. The van der Waals surface area contributed by atoms with E-state index in [4.69, 9.17) is 9.47 Å². The fourth-order valence-corrected chi connectivity index (χ4v) is 5.24. The monoisotopic (exact) mass is 411 g/mol. The van der Waals surface area contributed by atoms with Gasteiger partial charge in [0, 0.05) is 17.6 Å². The molecule has 0 saturated heterocycles. The molecule has 0 N–H and O–H groups in total. The Morgan fingerprint density at radius 3 is 2.29 bits per heavy atom. The van der Waals surface area contributed by atoms with Crippen molar-refractivity contribution in [1.29, 1.82) is 0 Å². The first-order valence-electron chi connectivity index (χ1n) is 7.46. The van der Waals surface area contributed by atoms with Crippen LogP contribution in [-0.2, 0) is 23.0 Å². The van der Waals surface area contributed by atoms with Crippen molar-refractivity contribution in [3.63, 3.8) is 0 Å². The molecule has 0 atom stereocenters. The lowest BCUT2D eigenvalue weighted by molar-refractivity contribution is 0.348. The van der Waals surface area contributed by atoms with Crippen molar-refractivity contribution in [3.8, 4) is 11.5 Å². The highest BCUT2D eigenvalue weighted by Gasteiger charge is 2.30. The third-order valence-electron chi connectivity index (χ3n) is 4.14. The minimum atomic E-state index is -3.56. The third-order valence-corrected chi connectivity index (χ3v) is 6.99. The Bertz CT molecular complexity index is 867. The van der Waals surface area contributed by atoms with Crippen LogP contribution in [0.4, 0.5) is 0 Å². The highest BCUT2D eigenvalue weighted by Crippen LogP contribution is 2.35. The van der Waals surface area contributed by atoms with E-state index in [9.17, 15) is 8.42 Å². The molecule has 5 nitrogen and oxygen atoms in total. The van der Waals surface area contributed by atoms with Gasteiger partial charge in [-0.25, -0.2) is 8.42 Å². The van der Waals surface area contributed by atoms with Gasteiger partial charge in [0.15, 0.2) is 11.5 Å². The predicted molar refractivity (Wildman–Crippen MR) is 95.0 cm³/mol. The van der Waals surface area contributed by atoms with Gasteiger partial charge >= 0.3 is 0 Å². The van der Waals surface area contributed by atoms with Gasteiger partial charge in [0.2, 0.25) is 10.0 Å². The van der Waals surface area contributed by atoms with Crippen molar-refractivity contribution in [3.05, 3.63) is 52.0 Å². The summed E-state index contributed by atoms with van der Waals surface area (Å²) in [6, 6.07) is 10.7. The van der Waals surface area contributed by atoms with Gasteiger partial charge < -0.3 is 9.47 Å². The molecule has 0 radical (unpaired) electrons. The second kappa shape index (κ2) is 6.74. The van der Waals surface area contributed by atoms with Crippen LogP contribution in [0.2, 0.25) is 0 Å². The predicted octanol–water partition coefficient (Wildman–Crippen LogP) is 3.21. The van der Waals surface area contributed by atoms with Gasteiger partial charge in [-0.2, -0.15) is 4.31 Å². The molecule has 0 spiro atoms. The van der Waals surface area contributed by atoms with E-state index in [1.807, 2.05) is 12.1 Å². The Labute approximate surface area is 150 Å². The highest BCUT2D eigenvalue weighted by molar-refractivity contribution is 9.10. The molecule has 3 rings (SSSR count). The van der Waals surface area contributed by atoms with Crippen molar-refractivity contribution in [2.75, 3.05) is 20.8 Å². The zero-order valence-electron chi connectivity index (χ0n) is 13.5. The molecule has 1 aliphatic heterocycles. The summed E-state index contributed by atoms with van der Waals surface area (Å²) in [6.07, 6.45) is 0.638. The molecule has 7 heteroatoms. The van der Waals surface area contributed by atoms with Crippen LogP contribution in [0.5, 0.6) is 11.5 Å². The number of sulfonamides is 1. The molecule has 0 fully saturated rings. The maximum absolute atomic E-state index is 12.9. The summed E-state index contributed by atoms with van der Waals surface area (Å²) in [4.78, 5) is 0.286. The van der Waals surface area contributed by atoms with Gasteiger partial charge in [-0.3, -0.25) is 0 Å². The summed E-state index contributed by atoms with van der Waals surface area (Å²) >= 11 is 3.33. The van der Waals surface area contributed by atoms with E-state index >= 15 is 0 Å². The zero-order chi connectivity index (χ0) is 17.3. The molecule has 0 amide bonds. The van der Waals surface area contributed by atoms with Gasteiger partial charge in [-0.15, -0.1) is 0 Å². The smallest absolute Gasteiger partial charge is 0.244 e. The number of nitrogens with zero attached hydrogens (tertiary/aromatic N) is 1. The molecule has 0 saturated carbocycles. The normalized spacial score (nSPS) is 15.0. The number of benzene rings is 2. The van der Waals surface area contributed by atoms with Gasteiger partial charge in [0.1, 0.15) is 0 Å². The summed E-state index contributed by atoms with van der Waals surface area (Å²) in [7, 11) is -0.390. The lowest BCUT2D eigenvalue weighted by Gasteiger charge is -2.29. The first-order valence-corrected chi connectivity index (χ1v) is 9.69. The van der Waals surface area contributed by atoms with E-state index in [2.05, 4.69) is 15.9 Å². The van der Waals surface area contributed by atoms with Crippen LogP contribution in [-0.4, -0.2) is 33.5 Å². The Balaban J connectivity index is 1.96. The number of rotatable bonds is 4. The average Bonchev–Trinajstić information content (AvgIpc) is 2.60. The molecule has 1 heterocycles. The Kier molecular flexibility index (Phi) is 4.85. The number of methoxy groups -OCH3 is 2. The summed E-state index contributed by atoms with van der Waals surface area (Å²) in [5.74, 6) is 1.27. The maximum atomic E-state index is 12.9. The first-order chi connectivity index (χ1) is 11.5. The minimum absolute atomic E-state index is 0.286. The molecule has 24 heavy (non-hydrogen) atoms. The van der Waals surface area contributed by atoms with Gasteiger partial charge in [0.05, 0.1) is 19.1 Å². The van der Waals surface area contributed by atoms with Crippen LogP contribution in [0, 0.1) is 0 Å². The fourth-order valence-electron chi connectivity index (χ4n) is 2.86. The maximum Gasteiger partial charge on any atom is 0.244 e. The van der Waals surface area contributed by atoms with E-state index in [1.165, 1.54) is 4.31 Å². The van der Waals surface area contributed by atoms with Crippen molar-refractivity contribution in [2.24, 2.45) is 0 Å². The van der Waals surface area contributed by atoms with Crippen LogP contribution < -0.4 is 9.47 Å². The van der Waals surface area contributed by atoms with E-state index in [0.717, 1.165) is 11.1 Å². The fraction of sp³-hybridized carbons (Fsp3) is 0.294. The van der Waals surface area contributed by atoms with Crippen LogP contribution in [0.1, 0.15) is 11.1 Å². The van der Waals surface area contributed by atoms with Crippen molar-refractivity contribution >= 4 is 26.0 Å². The van der Waals surface area contributed by atoms with Gasteiger partial charge in [-0.05, 0) is 57.7 Å². The molecular weight excluding hydrogens is 394 g/mol. The van der Waals surface area contributed by atoms with E-state index in [0.29, 0.717) is 35.5 Å². The molecule has 0 aliphatic carbocycles. The van der Waals surface area contributed by atoms with E-state index in [1.54, 1.807) is 38.5 Å². The largest absolute Gasteiger partial charge is 0.493 e. The van der Waals surface area contributed by atoms with E-state index < -0.39 is 10.0 Å². The van der Waals surface area contributed by atoms with Gasteiger partial charge in [-0.1, -0.05) is 12.1 Å². The Morgan fingerprint density at radius 2 is 1.67 bits per heavy atom. The van der Waals surface area contributed by atoms with Crippen LogP contribution in [0.25, 0.3) is 0 Å². The molecule has 128 valence electrons. The summed E-state index contributed by atoms with van der Waals surface area (Å²) in [5, 5.41) is 0. The lowest BCUT2D eigenvalue weighted by Crippen LogP contribution is -2.36. The Hall–Kier alpha value is -1.57. The molecule has 0 bridgehead atoms. The lowest BCUT2D eigenvalue weighted by atomic mass is 10.0. The SMILES string of the molecule is COc1cc2c(cc1OC)CN(S(=O)(=O)c1ccccc1Br)CC2. The highest BCUT2D eigenvalue weighted by atomic mass is 79.9. The summed E-state index contributed by atoms with van der Waals surface area (Å²) in [5.41, 5.74) is 2.03. The molecule has 2 aromatic rings. The van der Waals surface area contributed by atoms with Crippen molar-refractivity contribution < 1.29 is 17.9 Å². The second-order valence-corrected chi connectivity index (χ2v) is 8.26. The topological polar surface area (TPSA) is 55.8 Å². The Morgan fingerprint density at radius 1 is 1.04 bits per heavy atom. The quantitative estimate of drug-likeness (QED) is 0.774. The molecule has 0 aromatic heterocycles. The summed E-state index contributed by atoms with van der Waals surface area (Å²) < 4.78 is 38.6. The number of hydrogen-bond donors (Lipinski definition) is 0. The zero-order valence-corrected chi connectivity index (χ0v) is 15.9. The van der Waals surface area contributed by atoms with Crippen LogP contribution in [0.3, 0.4) is 0 Å². The van der Waals surface area contributed by atoms with Crippen LogP contribution in [0.15, 0.2) is 45.8 Å². The molecule has 1 aliphatic rings. The third kappa shape index (κ3) is 3.03. The summed E-state index contributed by atoms with van der Waals surface area (Å²) in [6.45, 7) is 0.755. The number of fused-ring (bicyclic) bond motifs is 1. The van der Waals surface area contributed by atoms with Crippen LogP contribution >= 0.6 is 15.9 Å². The average molecular weight is 412 g/mol. The van der Waals surface area contributed by atoms with E-state index in [-0.39, 0.29) is 4.90 Å². The first kappa shape index (κ1) is 17.3. The minimum Gasteiger partial charge on any atom is -0.493 e. The van der Waals surface area contributed by atoms with Gasteiger partial charge in [0.25, 0.3) is 0 Å². The number of hydrogen-bond acceptors (Lipinski definition) is 4. The molecule has 0 unspecified atom stereocenters. The van der Waals surface area contributed by atoms with Crippen molar-refractivity contribution in [1.82, 2.24) is 4.31 Å². The van der Waals surface area contributed by atoms with Crippen molar-refractivity contribution in [2.45, 2.75) is 17.9 Å². The number of ether oxygens (including phenoxy) is 2.